The van der Waals surface area contributed by atoms with Crippen molar-refractivity contribution >= 4 is 10.8 Å². The van der Waals surface area contributed by atoms with Crippen LogP contribution in [0.3, 0.4) is 0 Å². The molecule has 2 atom stereocenters. The van der Waals surface area contributed by atoms with Gasteiger partial charge in [-0.1, -0.05) is 37.3 Å². The topological polar surface area (TPSA) is 44.7 Å². The van der Waals surface area contributed by atoms with E-state index in [0.29, 0.717) is 6.61 Å². The van der Waals surface area contributed by atoms with Crippen LogP contribution in [0.25, 0.3) is 10.8 Å². The molecule has 0 saturated carbocycles. The molecule has 1 heterocycles. The monoisotopic (exact) mass is 328 g/mol. The Bertz CT molecular complexity index is 668. The highest BCUT2D eigenvalue weighted by Crippen LogP contribution is 2.36. The third-order valence-corrected chi connectivity index (χ3v) is 4.82. The molecule has 3 rings (SSSR count). The molecule has 0 spiro atoms. The number of hydrogen-bond acceptors (Lipinski definition) is 4. The molecule has 1 fully saturated rings. The van der Waals surface area contributed by atoms with Gasteiger partial charge in [0, 0.05) is 38.3 Å². The number of rotatable bonds is 6. The minimum atomic E-state index is -0.535. The molecule has 0 amide bonds. The number of benzene rings is 2. The van der Waals surface area contributed by atoms with E-state index in [0.717, 1.165) is 54.8 Å². The third kappa shape index (κ3) is 3.72. The van der Waals surface area contributed by atoms with Crippen LogP contribution in [0.2, 0.25) is 0 Å². The molecular formula is C20H28N2O2. The molecule has 1 aliphatic rings. The number of aliphatic hydroxyl groups excluding tert-OH is 1. The summed E-state index contributed by atoms with van der Waals surface area (Å²) >= 11 is 0. The fourth-order valence-electron chi connectivity index (χ4n) is 3.55. The molecule has 0 radical (unpaired) electrons. The zero-order chi connectivity index (χ0) is 16.9. The van der Waals surface area contributed by atoms with Gasteiger partial charge in [0.2, 0.25) is 0 Å². The summed E-state index contributed by atoms with van der Waals surface area (Å²) in [5.41, 5.74) is 0.928. The SMILES string of the molecule is CCOc1ccc2ccccc2c1C(O)C(C)CN1CCNCC1. The first-order valence-electron chi connectivity index (χ1n) is 8.96. The van der Waals surface area contributed by atoms with Gasteiger partial charge in [0.15, 0.2) is 0 Å². The quantitative estimate of drug-likeness (QED) is 0.856. The van der Waals surface area contributed by atoms with Crippen LogP contribution in [-0.4, -0.2) is 49.3 Å². The molecular weight excluding hydrogens is 300 g/mol. The lowest BCUT2D eigenvalue weighted by Gasteiger charge is -2.32. The van der Waals surface area contributed by atoms with Crippen LogP contribution in [-0.2, 0) is 0 Å². The van der Waals surface area contributed by atoms with Crippen molar-refractivity contribution in [3.63, 3.8) is 0 Å². The summed E-state index contributed by atoms with van der Waals surface area (Å²) in [4.78, 5) is 2.43. The lowest BCUT2D eigenvalue weighted by molar-refractivity contribution is 0.0828. The maximum atomic E-state index is 11.1. The van der Waals surface area contributed by atoms with Crippen molar-refractivity contribution in [1.29, 1.82) is 0 Å². The van der Waals surface area contributed by atoms with Crippen LogP contribution in [0.15, 0.2) is 36.4 Å². The molecule has 4 heteroatoms. The molecule has 1 aliphatic heterocycles. The molecule has 2 N–H and O–H groups in total. The van der Waals surface area contributed by atoms with Gasteiger partial charge in [0.25, 0.3) is 0 Å². The minimum Gasteiger partial charge on any atom is -0.493 e. The predicted molar refractivity (Wildman–Crippen MR) is 98.6 cm³/mol. The predicted octanol–water partition coefficient (Wildman–Crippen LogP) is 2.81. The summed E-state index contributed by atoms with van der Waals surface area (Å²) < 4.78 is 5.82. The van der Waals surface area contributed by atoms with Crippen molar-refractivity contribution < 1.29 is 9.84 Å². The Morgan fingerprint density at radius 2 is 1.92 bits per heavy atom. The highest BCUT2D eigenvalue weighted by Gasteiger charge is 2.25. The lowest BCUT2D eigenvalue weighted by Crippen LogP contribution is -2.45. The molecule has 4 nitrogen and oxygen atoms in total. The van der Waals surface area contributed by atoms with E-state index in [-0.39, 0.29) is 5.92 Å². The van der Waals surface area contributed by atoms with E-state index >= 15 is 0 Å². The van der Waals surface area contributed by atoms with E-state index in [2.05, 4.69) is 35.3 Å². The summed E-state index contributed by atoms with van der Waals surface area (Å²) in [6, 6.07) is 12.3. The Balaban J connectivity index is 1.88. The van der Waals surface area contributed by atoms with Crippen LogP contribution >= 0.6 is 0 Å². The smallest absolute Gasteiger partial charge is 0.125 e. The molecule has 130 valence electrons. The van der Waals surface area contributed by atoms with Crippen molar-refractivity contribution in [1.82, 2.24) is 10.2 Å². The second-order valence-corrected chi connectivity index (χ2v) is 6.60. The van der Waals surface area contributed by atoms with E-state index in [1.54, 1.807) is 0 Å². The maximum absolute atomic E-state index is 11.1. The number of hydrogen-bond donors (Lipinski definition) is 2. The summed E-state index contributed by atoms with van der Waals surface area (Å²) in [5, 5.41) is 16.7. The number of nitrogens with one attached hydrogen (secondary N) is 1. The summed E-state index contributed by atoms with van der Waals surface area (Å²) in [5.74, 6) is 0.948. The number of fused-ring (bicyclic) bond motifs is 1. The van der Waals surface area contributed by atoms with Crippen LogP contribution in [0.4, 0.5) is 0 Å². The number of aliphatic hydroxyl groups is 1. The zero-order valence-corrected chi connectivity index (χ0v) is 14.7. The second kappa shape index (κ2) is 7.97. The van der Waals surface area contributed by atoms with Gasteiger partial charge in [-0.25, -0.2) is 0 Å². The van der Waals surface area contributed by atoms with Crippen molar-refractivity contribution in [3.05, 3.63) is 42.0 Å². The van der Waals surface area contributed by atoms with Crippen LogP contribution < -0.4 is 10.1 Å². The molecule has 0 aromatic heterocycles. The van der Waals surface area contributed by atoms with E-state index in [4.69, 9.17) is 4.74 Å². The minimum absolute atomic E-state index is 0.146. The van der Waals surface area contributed by atoms with Gasteiger partial charge in [-0.2, -0.15) is 0 Å². The average Bonchev–Trinajstić information content (AvgIpc) is 2.62. The Kier molecular flexibility index (Phi) is 5.72. The molecule has 2 unspecified atom stereocenters. The van der Waals surface area contributed by atoms with Crippen molar-refractivity contribution in [2.75, 3.05) is 39.3 Å². The maximum Gasteiger partial charge on any atom is 0.125 e. The first-order valence-corrected chi connectivity index (χ1v) is 8.96. The van der Waals surface area contributed by atoms with E-state index in [1.165, 1.54) is 0 Å². The summed E-state index contributed by atoms with van der Waals surface area (Å²) in [7, 11) is 0. The fourth-order valence-corrected chi connectivity index (χ4v) is 3.55. The molecule has 0 aliphatic carbocycles. The number of ether oxygens (including phenoxy) is 1. The summed E-state index contributed by atoms with van der Waals surface area (Å²) in [6.45, 7) is 9.76. The van der Waals surface area contributed by atoms with Gasteiger partial charge in [0.1, 0.15) is 5.75 Å². The first-order chi connectivity index (χ1) is 11.7. The Labute approximate surface area is 144 Å². The van der Waals surface area contributed by atoms with E-state index < -0.39 is 6.10 Å². The fraction of sp³-hybridized carbons (Fsp3) is 0.500. The van der Waals surface area contributed by atoms with Gasteiger partial charge in [-0.05, 0) is 29.7 Å². The van der Waals surface area contributed by atoms with Crippen LogP contribution in [0, 0.1) is 5.92 Å². The highest BCUT2D eigenvalue weighted by molar-refractivity contribution is 5.88. The number of piperazine rings is 1. The van der Waals surface area contributed by atoms with E-state index in [1.807, 2.05) is 25.1 Å². The van der Waals surface area contributed by atoms with Gasteiger partial charge in [-0.3, -0.25) is 0 Å². The average molecular weight is 328 g/mol. The number of nitrogens with zero attached hydrogens (tertiary/aromatic N) is 1. The molecule has 0 bridgehead atoms. The highest BCUT2D eigenvalue weighted by atomic mass is 16.5. The Morgan fingerprint density at radius 3 is 2.67 bits per heavy atom. The summed E-state index contributed by atoms with van der Waals surface area (Å²) in [6.07, 6.45) is -0.535. The second-order valence-electron chi connectivity index (χ2n) is 6.60. The van der Waals surface area contributed by atoms with Gasteiger partial charge in [0.05, 0.1) is 12.7 Å². The Morgan fingerprint density at radius 1 is 1.17 bits per heavy atom. The largest absolute Gasteiger partial charge is 0.493 e. The zero-order valence-electron chi connectivity index (χ0n) is 14.7. The standard InChI is InChI=1S/C20H28N2O2/c1-3-24-18-9-8-16-6-4-5-7-17(16)19(18)20(23)15(2)14-22-12-10-21-11-13-22/h4-9,15,20-21,23H,3,10-14H2,1-2H3. The van der Waals surface area contributed by atoms with Gasteiger partial charge in [-0.15, -0.1) is 0 Å². The Hall–Kier alpha value is -1.62. The molecule has 2 aromatic carbocycles. The van der Waals surface area contributed by atoms with Crippen molar-refractivity contribution in [2.45, 2.75) is 20.0 Å². The molecule has 2 aromatic rings. The van der Waals surface area contributed by atoms with Gasteiger partial charge < -0.3 is 20.1 Å². The molecule has 24 heavy (non-hydrogen) atoms. The van der Waals surface area contributed by atoms with E-state index in [9.17, 15) is 5.11 Å². The lowest BCUT2D eigenvalue weighted by atomic mass is 9.91. The normalized spacial score (nSPS) is 18.5. The third-order valence-electron chi connectivity index (χ3n) is 4.82. The van der Waals surface area contributed by atoms with Crippen molar-refractivity contribution in [2.24, 2.45) is 5.92 Å². The first kappa shape index (κ1) is 17.2. The van der Waals surface area contributed by atoms with Crippen molar-refractivity contribution in [3.8, 4) is 5.75 Å². The van der Waals surface area contributed by atoms with Gasteiger partial charge >= 0.3 is 0 Å². The molecule has 1 saturated heterocycles. The van der Waals surface area contributed by atoms with Crippen LogP contribution in [0.5, 0.6) is 5.75 Å². The van der Waals surface area contributed by atoms with Crippen LogP contribution in [0.1, 0.15) is 25.5 Å².